The van der Waals surface area contributed by atoms with Crippen molar-refractivity contribution in [1.82, 2.24) is 14.4 Å². The lowest BCUT2D eigenvalue weighted by molar-refractivity contribution is -0.139. The van der Waals surface area contributed by atoms with E-state index >= 15 is 0 Å². The number of carbonyl (C=O) groups excluding carboxylic acids is 2. The molecular weight excluding hydrogens is 476 g/mol. The molecule has 0 saturated carbocycles. The van der Waals surface area contributed by atoms with E-state index in [1.165, 1.54) is 4.90 Å². The molecule has 182 valence electrons. The van der Waals surface area contributed by atoms with Gasteiger partial charge in [-0.1, -0.05) is 10.3 Å². The first-order valence-electron chi connectivity index (χ1n) is 10.5. The van der Waals surface area contributed by atoms with Crippen molar-refractivity contribution in [3.63, 3.8) is 0 Å². The second-order valence-corrected chi connectivity index (χ2v) is 9.12. The van der Waals surface area contributed by atoms with Crippen molar-refractivity contribution in [3.8, 4) is 11.4 Å². The summed E-state index contributed by atoms with van der Waals surface area (Å²) in [6.07, 6.45) is -1.35. The fraction of sp³-hybridized carbons (Fsp3) is 0.273. The minimum Gasteiger partial charge on any atom is -0.364 e. The highest BCUT2D eigenvalue weighted by Gasteiger charge is 2.41. The van der Waals surface area contributed by atoms with E-state index in [0.29, 0.717) is 16.9 Å². The molecule has 2 amide bonds. The molecule has 1 saturated heterocycles. The van der Waals surface area contributed by atoms with Gasteiger partial charge in [0.25, 0.3) is 11.8 Å². The molecule has 3 aromatic rings. The largest absolute Gasteiger partial charge is 0.439 e. The van der Waals surface area contributed by atoms with Crippen LogP contribution in [0.2, 0.25) is 0 Å². The second-order valence-electron chi connectivity index (χ2n) is 7.74. The molecule has 12 nitrogen and oxygen atoms in total. The van der Waals surface area contributed by atoms with Crippen LogP contribution in [0, 0.1) is 4.91 Å². The zero-order valence-corrected chi connectivity index (χ0v) is 19.7. The summed E-state index contributed by atoms with van der Waals surface area (Å²) in [5.41, 5.74) is 1.54. The molecule has 2 heterocycles. The normalized spacial score (nSPS) is 16.8. The second kappa shape index (κ2) is 10.6. The first-order chi connectivity index (χ1) is 16.9. The summed E-state index contributed by atoms with van der Waals surface area (Å²) < 4.78 is 11.9. The van der Waals surface area contributed by atoms with Gasteiger partial charge < -0.3 is 15.0 Å². The minimum absolute atomic E-state index is 0.147. The van der Waals surface area contributed by atoms with Gasteiger partial charge in [-0.05, 0) is 74.6 Å². The standard InChI is InChI=1S/C22H22N6O6S/c1-27(2)35-16-9-7-15(8-10-16)28-11-12-33-18(21(28)30)17(25-32)20(29)23-14-5-3-13(4-6-14)19-24-22(31)34-26-19/h3-10,17-18H,11-12H2,1-2H3,(H,23,29)(H,24,26,31). The van der Waals surface area contributed by atoms with E-state index in [4.69, 9.17) is 4.74 Å². The van der Waals surface area contributed by atoms with Gasteiger partial charge in [-0.3, -0.25) is 23.4 Å². The lowest BCUT2D eigenvalue weighted by Crippen LogP contribution is -2.54. The monoisotopic (exact) mass is 498 g/mol. The van der Waals surface area contributed by atoms with Crippen LogP contribution in [0.4, 0.5) is 11.4 Å². The van der Waals surface area contributed by atoms with E-state index < -0.39 is 29.7 Å². The zero-order valence-electron chi connectivity index (χ0n) is 18.8. The smallest absolute Gasteiger partial charge is 0.364 e. The minimum atomic E-state index is -1.58. The van der Waals surface area contributed by atoms with Gasteiger partial charge in [0.15, 0.2) is 11.9 Å². The van der Waals surface area contributed by atoms with Gasteiger partial charge in [-0.15, -0.1) is 4.91 Å². The summed E-state index contributed by atoms with van der Waals surface area (Å²) in [5.74, 6) is -1.75. The van der Waals surface area contributed by atoms with Gasteiger partial charge in [0.05, 0.1) is 6.61 Å². The predicted molar refractivity (Wildman–Crippen MR) is 129 cm³/mol. The molecule has 0 aliphatic carbocycles. The summed E-state index contributed by atoms with van der Waals surface area (Å²) in [7, 11) is 3.86. The highest BCUT2D eigenvalue weighted by molar-refractivity contribution is 7.97. The number of amides is 2. The molecule has 13 heteroatoms. The van der Waals surface area contributed by atoms with E-state index in [1.807, 2.05) is 30.5 Å². The van der Waals surface area contributed by atoms with Gasteiger partial charge in [0.1, 0.15) is 0 Å². The number of carbonyl (C=O) groups is 2. The molecule has 2 aromatic carbocycles. The first kappa shape index (κ1) is 24.3. The first-order valence-corrected chi connectivity index (χ1v) is 11.3. The van der Waals surface area contributed by atoms with Crippen molar-refractivity contribution in [3.05, 3.63) is 64.0 Å². The molecule has 2 N–H and O–H groups in total. The van der Waals surface area contributed by atoms with Gasteiger partial charge >= 0.3 is 5.76 Å². The number of aromatic nitrogens is 2. The number of nitroso groups, excluding NO2 is 1. The van der Waals surface area contributed by atoms with Crippen molar-refractivity contribution in [2.75, 3.05) is 37.5 Å². The topological polar surface area (TPSA) is 150 Å². The van der Waals surface area contributed by atoms with E-state index in [2.05, 4.69) is 25.2 Å². The third-order valence-electron chi connectivity index (χ3n) is 5.09. The quantitative estimate of drug-likeness (QED) is 0.351. The number of morpholine rings is 1. The number of H-pyrrole nitrogens is 1. The van der Waals surface area contributed by atoms with Gasteiger partial charge in [-0.2, -0.15) is 0 Å². The Morgan fingerprint density at radius 3 is 2.51 bits per heavy atom. The summed E-state index contributed by atoms with van der Waals surface area (Å²) in [6, 6.07) is 12.1. The molecular formula is C22H22N6O6S. The SMILES string of the molecule is CN(C)Sc1ccc(N2CCOC(C(N=O)C(=O)Nc3ccc(-c4noc(=O)[nH]4)cc3)C2=O)cc1. The van der Waals surface area contributed by atoms with Crippen LogP contribution in [0.3, 0.4) is 0 Å². The van der Waals surface area contributed by atoms with Crippen molar-refractivity contribution >= 4 is 35.1 Å². The fourth-order valence-electron chi connectivity index (χ4n) is 3.51. The number of rotatable bonds is 8. The molecule has 1 aromatic heterocycles. The van der Waals surface area contributed by atoms with Crippen molar-refractivity contribution in [2.24, 2.45) is 5.18 Å². The Hall–Kier alpha value is -3.81. The van der Waals surface area contributed by atoms with Gasteiger partial charge in [0.2, 0.25) is 6.04 Å². The Morgan fingerprint density at radius 2 is 1.91 bits per heavy atom. The molecule has 0 radical (unpaired) electrons. The maximum absolute atomic E-state index is 13.1. The number of nitrogens with zero attached hydrogens (tertiary/aromatic N) is 4. The van der Waals surface area contributed by atoms with E-state index in [-0.39, 0.29) is 19.0 Å². The Bertz CT molecular complexity index is 1260. The lowest BCUT2D eigenvalue weighted by Gasteiger charge is -2.33. The van der Waals surface area contributed by atoms with E-state index in [9.17, 15) is 19.3 Å². The number of anilines is 2. The lowest BCUT2D eigenvalue weighted by atomic mass is 10.1. The third kappa shape index (κ3) is 5.65. The number of ether oxygens (including phenoxy) is 1. The van der Waals surface area contributed by atoms with Gasteiger partial charge in [-0.25, -0.2) is 4.79 Å². The zero-order chi connectivity index (χ0) is 24.9. The molecule has 1 aliphatic heterocycles. The maximum Gasteiger partial charge on any atom is 0.439 e. The third-order valence-corrected chi connectivity index (χ3v) is 5.94. The van der Waals surface area contributed by atoms with Crippen molar-refractivity contribution in [1.29, 1.82) is 0 Å². The van der Waals surface area contributed by atoms with Crippen LogP contribution in [0.15, 0.2) is 67.9 Å². The van der Waals surface area contributed by atoms with Crippen LogP contribution in [0.5, 0.6) is 0 Å². The fourth-order valence-corrected chi connectivity index (χ4v) is 4.19. The molecule has 0 spiro atoms. The molecule has 0 bridgehead atoms. The van der Waals surface area contributed by atoms with Crippen LogP contribution < -0.4 is 16.0 Å². The maximum atomic E-state index is 13.1. The van der Waals surface area contributed by atoms with E-state index in [1.54, 1.807) is 48.3 Å². The molecule has 4 rings (SSSR count). The van der Waals surface area contributed by atoms with Crippen LogP contribution in [0.25, 0.3) is 11.4 Å². The average molecular weight is 499 g/mol. The highest BCUT2D eigenvalue weighted by Crippen LogP contribution is 2.26. The summed E-state index contributed by atoms with van der Waals surface area (Å²) >= 11 is 1.54. The number of hydrogen-bond acceptors (Lipinski definition) is 10. The average Bonchev–Trinajstić information content (AvgIpc) is 3.27. The van der Waals surface area contributed by atoms with Crippen LogP contribution in [-0.2, 0) is 14.3 Å². The van der Waals surface area contributed by atoms with Crippen LogP contribution in [-0.4, -0.2) is 65.7 Å². The predicted octanol–water partition coefficient (Wildman–Crippen LogP) is 2.10. The number of aromatic amines is 1. The van der Waals surface area contributed by atoms with Crippen LogP contribution in [0.1, 0.15) is 0 Å². The van der Waals surface area contributed by atoms with E-state index in [0.717, 1.165) is 4.90 Å². The summed E-state index contributed by atoms with van der Waals surface area (Å²) in [5, 5.41) is 9.05. The summed E-state index contributed by atoms with van der Waals surface area (Å²) in [4.78, 5) is 53.5. The Labute approximate surface area is 203 Å². The van der Waals surface area contributed by atoms with Gasteiger partial charge in [0, 0.05) is 28.4 Å². The molecule has 35 heavy (non-hydrogen) atoms. The Kier molecular flexibility index (Phi) is 7.39. The Balaban J connectivity index is 1.44. The number of benzene rings is 2. The highest BCUT2D eigenvalue weighted by atomic mass is 32.2. The summed E-state index contributed by atoms with van der Waals surface area (Å²) in [6.45, 7) is 0.433. The molecule has 1 fully saturated rings. The molecule has 2 atom stereocenters. The molecule has 2 unspecified atom stereocenters. The number of nitrogens with one attached hydrogen (secondary N) is 2. The van der Waals surface area contributed by atoms with Crippen LogP contribution >= 0.6 is 11.9 Å². The molecule has 1 aliphatic rings. The van der Waals surface area contributed by atoms with Crippen molar-refractivity contribution < 1.29 is 18.8 Å². The Morgan fingerprint density at radius 1 is 1.20 bits per heavy atom. The van der Waals surface area contributed by atoms with Crippen molar-refractivity contribution in [2.45, 2.75) is 17.0 Å². The number of hydrogen-bond donors (Lipinski definition) is 2.